The van der Waals surface area contributed by atoms with E-state index in [1.165, 1.54) is 31.2 Å². The van der Waals surface area contributed by atoms with Crippen LogP contribution in [-0.4, -0.2) is 41.6 Å². The van der Waals surface area contributed by atoms with Crippen molar-refractivity contribution in [2.24, 2.45) is 5.92 Å². The molecule has 190 valence electrons. The van der Waals surface area contributed by atoms with E-state index in [2.05, 4.69) is 5.32 Å². The maximum atomic E-state index is 14.4. The van der Waals surface area contributed by atoms with Crippen LogP contribution in [0.4, 0.5) is 17.1 Å². The average Bonchev–Trinajstić information content (AvgIpc) is 3.40. The van der Waals surface area contributed by atoms with Gasteiger partial charge in [0.1, 0.15) is 11.2 Å². The van der Waals surface area contributed by atoms with E-state index in [9.17, 15) is 24.5 Å². The normalized spacial score (nSPS) is 24.4. The molecular weight excluding hydrogens is 486 g/mol. The Balaban J connectivity index is 1.63. The van der Waals surface area contributed by atoms with Gasteiger partial charge in [-0.25, -0.2) is 0 Å². The first-order valence-corrected chi connectivity index (χ1v) is 12.1. The molecule has 0 aliphatic carbocycles. The average molecular weight is 510 g/mol. The van der Waals surface area contributed by atoms with Gasteiger partial charge in [-0.15, -0.1) is 0 Å². The number of amides is 1. The minimum Gasteiger partial charge on any atom is -0.497 e. The highest BCUT2D eigenvalue weighted by Crippen LogP contribution is 2.58. The number of nitrogens with one attached hydrogen (secondary N) is 1. The molecule has 1 N–H and O–H groups in total. The monoisotopic (exact) mass is 509 g/mol. The van der Waals surface area contributed by atoms with Crippen LogP contribution in [0, 0.1) is 16.0 Å². The lowest BCUT2D eigenvalue weighted by molar-refractivity contribution is -0.384. The number of carbonyl (C=O) groups excluding carboxylic acids is 3. The number of nitro benzene ring substituents is 1. The van der Waals surface area contributed by atoms with Crippen LogP contribution in [0.15, 0.2) is 72.8 Å². The summed E-state index contributed by atoms with van der Waals surface area (Å²) in [5.74, 6) is -1.69. The zero-order valence-electron chi connectivity index (χ0n) is 20.6. The zero-order chi connectivity index (χ0) is 26.8. The molecule has 0 aromatic heterocycles. The molecular formula is C29H23N3O6. The van der Waals surface area contributed by atoms with Gasteiger partial charge in [0.25, 0.3) is 5.69 Å². The van der Waals surface area contributed by atoms with Crippen molar-refractivity contribution in [3.05, 3.63) is 99.6 Å². The van der Waals surface area contributed by atoms with E-state index in [0.29, 0.717) is 22.7 Å². The van der Waals surface area contributed by atoms with Gasteiger partial charge >= 0.3 is 0 Å². The summed E-state index contributed by atoms with van der Waals surface area (Å²) < 4.78 is 5.38. The Morgan fingerprint density at radius 2 is 1.87 bits per heavy atom. The molecule has 3 aliphatic heterocycles. The van der Waals surface area contributed by atoms with Gasteiger partial charge in [0.15, 0.2) is 11.6 Å². The van der Waals surface area contributed by atoms with Crippen LogP contribution in [0.2, 0.25) is 0 Å². The summed E-state index contributed by atoms with van der Waals surface area (Å²) in [7, 11) is 1.56. The molecule has 4 atom stereocenters. The second-order valence-corrected chi connectivity index (χ2v) is 9.71. The molecule has 1 fully saturated rings. The van der Waals surface area contributed by atoms with Crippen molar-refractivity contribution in [2.75, 3.05) is 17.3 Å². The highest BCUT2D eigenvalue weighted by Gasteiger charge is 2.69. The topological polar surface area (TPSA) is 119 Å². The minimum atomic E-state index is -1.44. The lowest BCUT2D eigenvalue weighted by Crippen LogP contribution is -2.51. The molecule has 3 heterocycles. The highest BCUT2D eigenvalue weighted by molar-refractivity contribution is 6.16. The number of non-ortho nitro benzene ring substituents is 1. The van der Waals surface area contributed by atoms with Crippen LogP contribution in [0.25, 0.3) is 6.08 Å². The summed E-state index contributed by atoms with van der Waals surface area (Å²) in [6.07, 6.45) is 3.74. The second kappa shape index (κ2) is 8.37. The molecule has 1 saturated heterocycles. The lowest BCUT2D eigenvalue weighted by Gasteiger charge is -2.37. The van der Waals surface area contributed by atoms with Gasteiger partial charge in [-0.05, 0) is 36.8 Å². The molecule has 3 aromatic rings. The first kappa shape index (κ1) is 23.6. The number of methoxy groups -OCH3 is 1. The van der Waals surface area contributed by atoms with Crippen molar-refractivity contribution in [1.29, 1.82) is 0 Å². The Morgan fingerprint density at radius 3 is 2.61 bits per heavy atom. The van der Waals surface area contributed by atoms with Gasteiger partial charge in [-0.3, -0.25) is 24.5 Å². The molecule has 9 heteroatoms. The maximum absolute atomic E-state index is 14.4. The van der Waals surface area contributed by atoms with Gasteiger partial charge in [0.2, 0.25) is 5.91 Å². The van der Waals surface area contributed by atoms with Crippen LogP contribution in [-0.2, 0) is 15.0 Å². The third kappa shape index (κ3) is 3.08. The standard InChI is InChI=1S/C29H23N3O6/c1-16(33)26-25(27(34)18-6-5-7-19(14-18)32(36)37)29(21-8-3-4-9-22(21)30-28(29)35)24-13-10-17-15-20(38-2)11-12-23(17)31(24)26/h3-15,24-26H,1-2H3,(H,30,35)/t24-,25-,26-,29-/m1/s1. The molecule has 6 rings (SSSR count). The number of fused-ring (bicyclic) bond motifs is 6. The highest BCUT2D eigenvalue weighted by atomic mass is 16.6. The van der Waals surface area contributed by atoms with E-state index in [0.717, 1.165) is 5.56 Å². The van der Waals surface area contributed by atoms with Gasteiger partial charge in [-0.1, -0.05) is 42.5 Å². The fourth-order valence-electron chi connectivity index (χ4n) is 6.39. The predicted octanol–water partition coefficient (Wildman–Crippen LogP) is 4.17. The molecule has 3 aliphatic rings. The molecule has 0 bridgehead atoms. The van der Waals surface area contributed by atoms with Crippen molar-refractivity contribution in [1.82, 2.24) is 0 Å². The van der Waals surface area contributed by atoms with Gasteiger partial charge in [-0.2, -0.15) is 0 Å². The lowest BCUT2D eigenvalue weighted by atomic mass is 9.64. The van der Waals surface area contributed by atoms with Crippen LogP contribution < -0.4 is 15.0 Å². The van der Waals surface area contributed by atoms with Crippen molar-refractivity contribution < 1.29 is 24.0 Å². The fraction of sp³-hybridized carbons (Fsp3) is 0.207. The zero-order valence-corrected chi connectivity index (χ0v) is 20.6. The molecule has 0 unspecified atom stereocenters. The van der Waals surface area contributed by atoms with E-state index in [1.54, 1.807) is 37.4 Å². The molecule has 3 aromatic carbocycles. The number of rotatable bonds is 5. The van der Waals surface area contributed by atoms with Crippen LogP contribution in [0.5, 0.6) is 5.75 Å². The molecule has 38 heavy (non-hydrogen) atoms. The summed E-state index contributed by atoms with van der Waals surface area (Å²) in [6.45, 7) is 1.41. The van der Waals surface area contributed by atoms with Crippen molar-refractivity contribution >= 4 is 40.6 Å². The Kier molecular flexibility index (Phi) is 5.20. The van der Waals surface area contributed by atoms with E-state index < -0.39 is 34.1 Å². The number of hydrogen-bond acceptors (Lipinski definition) is 7. The first-order chi connectivity index (χ1) is 18.3. The van der Waals surface area contributed by atoms with Crippen LogP contribution in [0.1, 0.15) is 28.4 Å². The summed E-state index contributed by atoms with van der Waals surface area (Å²) in [4.78, 5) is 54.6. The van der Waals surface area contributed by atoms with Crippen molar-refractivity contribution in [3.8, 4) is 5.75 Å². The van der Waals surface area contributed by atoms with Crippen LogP contribution in [0.3, 0.4) is 0 Å². The number of benzene rings is 3. The molecule has 0 saturated carbocycles. The number of anilines is 2. The maximum Gasteiger partial charge on any atom is 0.270 e. The Bertz CT molecular complexity index is 1580. The van der Waals surface area contributed by atoms with Gasteiger partial charge in [0.05, 0.1) is 30.0 Å². The largest absolute Gasteiger partial charge is 0.497 e. The summed E-state index contributed by atoms with van der Waals surface area (Å²) in [5, 5.41) is 14.4. The molecule has 9 nitrogen and oxygen atoms in total. The molecule has 0 radical (unpaired) electrons. The number of nitrogens with zero attached hydrogens (tertiary/aromatic N) is 2. The van der Waals surface area contributed by atoms with Crippen LogP contribution >= 0.6 is 0 Å². The number of ketones is 2. The smallest absolute Gasteiger partial charge is 0.270 e. The van der Waals surface area contributed by atoms with E-state index in [1.807, 2.05) is 29.2 Å². The molecule has 1 spiro atoms. The van der Waals surface area contributed by atoms with Crippen molar-refractivity contribution in [3.63, 3.8) is 0 Å². The Hall–Kier alpha value is -4.79. The third-order valence-corrected chi connectivity index (χ3v) is 7.88. The summed E-state index contributed by atoms with van der Waals surface area (Å²) in [5.41, 5.74) is 1.07. The SMILES string of the molecule is COc1ccc2c(c1)C=C[C@H]1N2[C@H](C(C)=O)[C@H](C(=O)c2cccc([N+](=O)[O-])c2)[C@]12C(=O)Nc1ccccc12. The van der Waals surface area contributed by atoms with Gasteiger partial charge in [0, 0.05) is 34.6 Å². The number of para-hydroxylation sites is 1. The quantitative estimate of drug-likeness (QED) is 0.312. The second-order valence-electron chi connectivity index (χ2n) is 9.71. The number of hydrogen-bond donors (Lipinski definition) is 1. The van der Waals surface area contributed by atoms with E-state index >= 15 is 0 Å². The number of ether oxygens (including phenoxy) is 1. The number of nitro groups is 1. The third-order valence-electron chi connectivity index (χ3n) is 7.88. The van der Waals surface area contributed by atoms with E-state index in [4.69, 9.17) is 4.74 Å². The van der Waals surface area contributed by atoms with Gasteiger partial charge < -0.3 is 15.0 Å². The van der Waals surface area contributed by atoms with E-state index in [-0.39, 0.29) is 22.9 Å². The Labute approximate surface area is 217 Å². The minimum absolute atomic E-state index is 0.0748. The Morgan fingerprint density at radius 1 is 1.08 bits per heavy atom. The number of Topliss-reactive ketones (excluding diaryl/α,β-unsaturated/α-hetero) is 2. The first-order valence-electron chi connectivity index (χ1n) is 12.1. The van der Waals surface area contributed by atoms with Crippen molar-refractivity contribution in [2.45, 2.75) is 24.4 Å². The molecule has 1 amide bonds. The number of carbonyl (C=O) groups is 3. The summed E-state index contributed by atoms with van der Waals surface area (Å²) >= 11 is 0. The predicted molar refractivity (Wildman–Crippen MR) is 140 cm³/mol. The fourth-order valence-corrected chi connectivity index (χ4v) is 6.39. The summed E-state index contributed by atoms with van der Waals surface area (Å²) in [6, 6.07) is 16.4.